The number of hydrogen-bond donors (Lipinski definition) is 1. The number of furan rings is 1. The Bertz CT molecular complexity index is 492. The number of halogens is 1. The molecule has 0 aliphatic rings. The number of hydrogen-bond acceptors (Lipinski definition) is 3. The Labute approximate surface area is 112 Å². The number of nitrogens with zero attached hydrogens (tertiary/aromatic N) is 2. The predicted molar refractivity (Wildman–Crippen MR) is 71.8 cm³/mol. The van der Waals surface area contributed by atoms with Crippen molar-refractivity contribution in [2.24, 2.45) is 0 Å². The van der Waals surface area contributed by atoms with Crippen LogP contribution >= 0.6 is 11.6 Å². The highest BCUT2D eigenvalue weighted by atomic mass is 35.5. The molecule has 1 N–H and O–H groups in total. The summed E-state index contributed by atoms with van der Waals surface area (Å²) in [6.07, 6.45) is 4.48. The van der Waals surface area contributed by atoms with Gasteiger partial charge in [0.15, 0.2) is 5.22 Å². The lowest BCUT2D eigenvalue weighted by molar-refractivity contribution is 0.512. The lowest BCUT2D eigenvalue weighted by Crippen LogP contribution is -2.24. The predicted octanol–water partition coefficient (Wildman–Crippen LogP) is 3.24. The fraction of sp³-hybridized carbons (Fsp3) is 0.462. The fourth-order valence-electron chi connectivity index (χ4n) is 2.08. The van der Waals surface area contributed by atoms with Gasteiger partial charge in [0.1, 0.15) is 0 Å². The number of nitrogens with one attached hydrogen (secondary N) is 1. The summed E-state index contributed by atoms with van der Waals surface area (Å²) < 4.78 is 7.20. The van der Waals surface area contributed by atoms with E-state index < -0.39 is 0 Å². The zero-order valence-corrected chi connectivity index (χ0v) is 11.4. The van der Waals surface area contributed by atoms with Crippen LogP contribution < -0.4 is 5.32 Å². The lowest BCUT2D eigenvalue weighted by Gasteiger charge is -2.18. The second-order valence-corrected chi connectivity index (χ2v) is 4.46. The van der Waals surface area contributed by atoms with Crippen LogP contribution in [-0.4, -0.2) is 16.3 Å². The minimum Gasteiger partial charge on any atom is -0.453 e. The van der Waals surface area contributed by atoms with Gasteiger partial charge >= 0.3 is 0 Å². The molecule has 2 rings (SSSR count). The second kappa shape index (κ2) is 6.07. The quantitative estimate of drug-likeness (QED) is 0.874. The first-order valence-electron chi connectivity index (χ1n) is 6.25. The Balaban J connectivity index is 2.35. The van der Waals surface area contributed by atoms with E-state index in [1.54, 1.807) is 6.26 Å². The van der Waals surface area contributed by atoms with Crippen LogP contribution in [0.1, 0.15) is 37.6 Å². The molecule has 2 heterocycles. The zero-order valence-electron chi connectivity index (χ0n) is 10.7. The molecule has 0 fully saturated rings. The SMILES string of the molecule is CCCn1nccc1C(NCC)c1ccoc1Cl. The Kier molecular flexibility index (Phi) is 4.44. The van der Waals surface area contributed by atoms with Crippen LogP contribution in [0.25, 0.3) is 0 Å². The van der Waals surface area contributed by atoms with E-state index in [0.717, 1.165) is 30.8 Å². The largest absolute Gasteiger partial charge is 0.453 e. The molecule has 1 unspecified atom stereocenters. The molecule has 5 heteroatoms. The van der Waals surface area contributed by atoms with Crippen molar-refractivity contribution in [3.63, 3.8) is 0 Å². The van der Waals surface area contributed by atoms with Gasteiger partial charge in [-0.25, -0.2) is 0 Å². The lowest BCUT2D eigenvalue weighted by atomic mass is 10.1. The van der Waals surface area contributed by atoms with E-state index in [2.05, 4.69) is 24.3 Å². The molecule has 4 nitrogen and oxygen atoms in total. The van der Waals surface area contributed by atoms with Crippen molar-refractivity contribution in [1.29, 1.82) is 0 Å². The molecule has 0 saturated heterocycles. The maximum absolute atomic E-state index is 6.08. The third-order valence-corrected chi connectivity index (χ3v) is 3.15. The van der Waals surface area contributed by atoms with Crippen molar-refractivity contribution in [3.8, 4) is 0 Å². The molecule has 0 spiro atoms. The van der Waals surface area contributed by atoms with Crippen molar-refractivity contribution in [2.75, 3.05) is 6.54 Å². The average Bonchev–Trinajstić information content (AvgIpc) is 2.96. The summed E-state index contributed by atoms with van der Waals surface area (Å²) in [6, 6.07) is 3.95. The van der Waals surface area contributed by atoms with E-state index in [1.807, 2.05) is 23.0 Å². The molecule has 0 aromatic carbocycles. The fourth-order valence-corrected chi connectivity index (χ4v) is 2.30. The summed E-state index contributed by atoms with van der Waals surface area (Å²) in [5, 5.41) is 8.21. The van der Waals surface area contributed by atoms with E-state index in [1.165, 1.54) is 0 Å². The maximum atomic E-state index is 6.08. The van der Waals surface area contributed by atoms with Gasteiger partial charge in [-0.05, 0) is 36.7 Å². The number of aromatic nitrogens is 2. The summed E-state index contributed by atoms with van der Waals surface area (Å²) in [7, 11) is 0. The molecule has 18 heavy (non-hydrogen) atoms. The van der Waals surface area contributed by atoms with Crippen molar-refractivity contribution in [1.82, 2.24) is 15.1 Å². The molecular formula is C13H18ClN3O. The van der Waals surface area contributed by atoms with Gasteiger partial charge in [0.2, 0.25) is 0 Å². The highest BCUT2D eigenvalue weighted by Gasteiger charge is 2.21. The van der Waals surface area contributed by atoms with Crippen LogP contribution in [0.4, 0.5) is 0 Å². The van der Waals surface area contributed by atoms with Gasteiger partial charge in [0, 0.05) is 18.3 Å². The molecular weight excluding hydrogens is 250 g/mol. The minimum atomic E-state index is 0.0234. The Morgan fingerprint density at radius 1 is 1.44 bits per heavy atom. The highest BCUT2D eigenvalue weighted by Crippen LogP contribution is 2.29. The number of rotatable bonds is 6. The monoisotopic (exact) mass is 267 g/mol. The van der Waals surface area contributed by atoms with Gasteiger partial charge < -0.3 is 9.73 Å². The van der Waals surface area contributed by atoms with Crippen molar-refractivity contribution < 1.29 is 4.42 Å². The van der Waals surface area contributed by atoms with Gasteiger partial charge in [0.25, 0.3) is 0 Å². The standard InChI is InChI=1S/C13H18ClN3O/c1-3-8-17-11(5-7-16-17)12(15-4-2)10-6-9-18-13(10)14/h5-7,9,12,15H,3-4,8H2,1-2H3. The Hall–Kier alpha value is -1.26. The van der Waals surface area contributed by atoms with E-state index in [0.29, 0.717) is 5.22 Å². The first-order valence-corrected chi connectivity index (χ1v) is 6.63. The van der Waals surface area contributed by atoms with Crippen molar-refractivity contribution >= 4 is 11.6 Å². The topological polar surface area (TPSA) is 43.0 Å². The summed E-state index contributed by atoms with van der Waals surface area (Å²) >= 11 is 6.08. The minimum absolute atomic E-state index is 0.0234. The molecule has 2 aromatic heterocycles. The molecule has 0 bridgehead atoms. The van der Waals surface area contributed by atoms with E-state index in [9.17, 15) is 0 Å². The number of aryl methyl sites for hydroxylation is 1. The van der Waals surface area contributed by atoms with E-state index >= 15 is 0 Å². The summed E-state index contributed by atoms with van der Waals surface area (Å²) in [4.78, 5) is 0. The Morgan fingerprint density at radius 2 is 2.28 bits per heavy atom. The van der Waals surface area contributed by atoms with Gasteiger partial charge in [-0.1, -0.05) is 13.8 Å². The first-order chi connectivity index (χ1) is 8.77. The normalized spacial score (nSPS) is 12.8. The van der Waals surface area contributed by atoms with Crippen LogP contribution in [0, 0.1) is 0 Å². The second-order valence-electron chi connectivity index (χ2n) is 4.12. The molecule has 0 saturated carbocycles. The molecule has 98 valence electrons. The summed E-state index contributed by atoms with van der Waals surface area (Å²) in [5.74, 6) is 0. The third-order valence-electron chi connectivity index (χ3n) is 2.85. The molecule has 0 radical (unpaired) electrons. The molecule has 0 amide bonds. The molecule has 1 atom stereocenters. The zero-order chi connectivity index (χ0) is 13.0. The smallest absolute Gasteiger partial charge is 0.198 e. The molecule has 0 aliphatic carbocycles. The van der Waals surface area contributed by atoms with Gasteiger partial charge in [0.05, 0.1) is 18.0 Å². The first kappa shape index (κ1) is 13.2. The average molecular weight is 268 g/mol. The van der Waals surface area contributed by atoms with Crippen molar-refractivity contribution in [2.45, 2.75) is 32.9 Å². The van der Waals surface area contributed by atoms with Crippen molar-refractivity contribution in [3.05, 3.63) is 41.1 Å². The van der Waals surface area contributed by atoms with Crippen LogP contribution in [0.5, 0.6) is 0 Å². The van der Waals surface area contributed by atoms with Crippen LogP contribution in [0.15, 0.2) is 29.0 Å². The molecule has 0 aliphatic heterocycles. The maximum Gasteiger partial charge on any atom is 0.198 e. The van der Waals surface area contributed by atoms with E-state index in [4.69, 9.17) is 16.0 Å². The van der Waals surface area contributed by atoms with E-state index in [-0.39, 0.29) is 6.04 Å². The van der Waals surface area contributed by atoms with Crippen LogP contribution in [-0.2, 0) is 6.54 Å². The summed E-state index contributed by atoms with van der Waals surface area (Å²) in [5.41, 5.74) is 2.07. The van der Waals surface area contributed by atoms with Gasteiger partial charge in [-0.15, -0.1) is 0 Å². The third kappa shape index (κ3) is 2.60. The summed E-state index contributed by atoms with van der Waals surface area (Å²) in [6.45, 7) is 5.96. The van der Waals surface area contributed by atoms with Crippen LogP contribution in [0.3, 0.4) is 0 Å². The highest BCUT2D eigenvalue weighted by molar-refractivity contribution is 6.29. The Morgan fingerprint density at radius 3 is 2.89 bits per heavy atom. The molecule has 2 aromatic rings. The van der Waals surface area contributed by atoms with Gasteiger partial charge in [-0.3, -0.25) is 4.68 Å². The van der Waals surface area contributed by atoms with Crippen LogP contribution in [0.2, 0.25) is 5.22 Å². The van der Waals surface area contributed by atoms with Gasteiger partial charge in [-0.2, -0.15) is 5.10 Å².